The number of carbonyl (C=O) groups is 2. The lowest BCUT2D eigenvalue weighted by molar-refractivity contribution is -0.121. The summed E-state index contributed by atoms with van der Waals surface area (Å²) < 4.78 is -1.17. The molecule has 1 aromatic carbocycles. The summed E-state index contributed by atoms with van der Waals surface area (Å²) in [4.78, 5) is 27.2. The van der Waals surface area contributed by atoms with Crippen molar-refractivity contribution in [2.75, 3.05) is 4.90 Å². The second-order valence-corrected chi connectivity index (χ2v) is 6.91. The zero-order valence-corrected chi connectivity index (χ0v) is 13.4. The first kappa shape index (κ1) is 16.0. The van der Waals surface area contributed by atoms with Crippen LogP contribution < -0.4 is 4.90 Å². The first-order chi connectivity index (χ1) is 11.6. The number of imide groups is 1. The fourth-order valence-electron chi connectivity index (χ4n) is 2.92. The van der Waals surface area contributed by atoms with E-state index in [0.29, 0.717) is 5.69 Å². The molecule has 3 unspecified atom stereocenters. The fraction of sp³-hybridized carbons (Fsp3) is 0.222. The van der Waals surface area contributed by atoms with Gasteiger partial charge in [-0.15, -0.1) is 11.8 Å². The van der Waals surface area contributed by atoms with E-state index in [-0.39, 0.29) is 18.2 Å². The Morgan fingerprint density at radius 3 is 2.62 bits per heavy atom. The zero-order chi connectivity index (χ0) is 17.2. The van der Waals surface area contributed by atoms with Crippen molar-refractivity contribution in [3.63, 3.8) is 0 Å². The maximum atomic E-state index is 13.1. The highest BCUT2D eigenvalue weighted by Crippen LogP contribution is 2.48. The van der Waals surface area contributed by atoms with Gasteiger partial charge in [0, 0.05) is 0 Å². The molecule has 118 valence electrons. The first-order valence-electron chi connectivity index (χ1n) is 7.38. The average molecular weight is 335 g/mol. The number of thioether (sulfide) groups is 1. The van der Waals surface area contributed by atoms with Crippen molar-refractivity contribution in [1.82, 2.24) is 0 Å². The van der Waals surface area contributed by atoms with Crippen molar-refractivity contribution in [3.05, 3.63) is 54.6 Å². The molecular formula is C18H13N3O2S. The van der Waals surface area contributed by atoms with Crippen LogP contribution in [0.5, 0.6) is 0 Å². The molecule has 1 aliphatic heterocycles. The smallest absolute Gasteiger partial charge is 0.255 e. The van der Waals surface area contributed by atoms with Gasteiger partial charge in [0.15, 0.2) is 0 Å². The van der Waals surface area contributed by atoms with Crippen molar-refractivity contribution in [1.29, 1.82) is 10.5 Å². The Hall–Kier alpha value is -2.83. The van der Waals surface area contributed by atoms with Crippen LogP contribution in [0.3, 0.4) is 0 Å². The highest BCUT2D eigenvalue weighted by atomic mass is 32.2. The standard InChI is InChI=1S/C18H13N3O2S/c19-11-9-14(12-20)24-18-10-5-4-8-15(18)16(22)21(17(18)23)13-6-2-1-3-7-13/h1-8,10,14-15H,9H2. The number of nitrogens with zero attached hydrogens (tertiary/aromatic N) is 3. The van der Waals surface area contributed by atoms with Crippen LogP contribution in [0.1, 0.15) is 6.42 Å². The molecule has 1 saturated heterocycles. The van der Waals surface area contributed by atoms with Gasteiger partial charge in [-0.1, -0.05) is 42.5 Å². The number of nitriles is 2. The molecule has 1 fully saturated rings. The van der Waals surface area contributed by atoms with E-state index in [1.807, 2.05) is 18.2 Å². The molecule has 6 heteroatoms. The van der Waals surface area contributed by atoms with Crippen molar-refractivity contribution >= 4 is 29.3 Å². The molecule has 5 nitrogen and oxygen atoms in total. The fourth-order valence-corrected chi connectivity index (χ4v) is 4.28. The van der Waals surface area contributed by atoms with Crippen LogP contribution in [0.4, 0.5) is 5.69 Å². The van der Waals surface area contributed by atoms with Crippen molar-refractivity contribution < 1.29 is 9.59 Å². The summed E-state index contributed by atoms with van der Waals surface area (Å²) in [6, 6.07) is 12.7. The molecule has 3 rings (SSSR count). The quantitative estimate of drug-likeness (QED) is 0.790. The third-order valence-electron chi connectivity index (χ3n) is 4.02. The summed E-state index contributed by atoms with van der Waals surface area (Å²) in [5, 5.41) is 17.5. The number of fused-ring (bicyclic) bond motifs is 1. The molecule has 24 heavy (non-hydrogen) atoms. The van der Waals surface area contributed by atoms with Crippen LogP contribution in [-0.4, -0.2) is 21.8 Å². The van der Waals surface area contributed by atoms with Crippen LogP contribution in [0.15, 0.2) is 54.6 Å². The van der Waals surface area contributed by atoms with Gasteiger partial charge < -0.3 is 0 Å². The molecule has 1 aliphatic carbocycles. The number of allylic oxidation sites excluding steroid dienone is 2. The minimum absolute atomic E-state index is 0.00000157. The summed E-state index contributed by atoms with van der Waals surface area (Å²) >= 11 is 1.08. The predicted octanol–water partition coefficient (Wildman–Crippen LogP) is 2.58. The SMILES string of the molecule is N#CCC(C#N)SC12C=CC=CC1C(=O)N(c1ccccc1)C2=O. The number of carbonyl (C=O) groups excluding carboxylic acids is 2. The van der Waals surface area contributed by atoms with Crippen molar-refractivity contribution in [2.24, 2.45) is 5.92 Å². The second-order valence-electron chi connectivity index (χ2n) is 5.43. The van der Waals surface area contributed by atoms with Gasteiger partial charge in [-0.05, 0) is 12.1 Å². The lowest BCUT2D eigenvalue weighted by atomic mass is 9.90. The summed E-state index contributed by atoms with van der Waals surface area (Å²) in [6.07, 6.45) is 6.81. The molecule has 0 radical (unpaired) electrons. The number of anilines is 1. The van der Waals surface area contributed by atoms with Gasteiger partial charge in [0.05, 0.1) is 30.2 Å². The Balaban J connectivity index is 2.04. The molecule has 2 aliphatic rings. The van der Waals surface area contributed by atoms with Gasteiger partial charge in [-0.3, -0.25) is 9.59 Å². The molecular weight excluding hydrogens is 322 g/mol. The zero-order valence-electron chi connectivity index (χ0n) is 12.6. The number of hydrogen-bond acceptors (Lipinski definition) is 5. The van der Waals surface area contributed by atoms with Gasteiger partial charge >= 0.3 is 0 Å². The first-order valence-corrected chi connectivity index (χ1v) is 8.26. The van der Waals surface area contributed by atoms with Crippen molar-refractivity contribution in [3.8, 4) is 12.1 Å². The number of para-hydroxylation sites is 1. The van der Waals surface area contributed by atoms with Crippen molar-refractivity contribution in [2.45, 2.75) is 16.4 Å². The topological polar surface area (TPSA) is 85.0 Å². The normalized spacial score (nSPS) is 25.9. The second kappa shape index (κ2) is 6.35. The van der Waals surface area contributed by atoms with Crippen LogP contribution in [-0.2, 0) is 9.59 Å². The minimum atomic E-state index is -1.17. The van der Waals surface area contributed by atoms with E-state index in [9.17, 15) is 14.9 Å². The lowest BCUT2D eigenvalue weighted by Crippen LogP contribution is -2.40. The molecule has 0 bridgehead atoms. The molecule has 1 aromatic rings. The van der Waals surface area contributed by atoms with Crippen LogP contribution in [0.25, 0.3) is 0 Å². The number of benzene rings is 1. The number of rotatable bonds is 4. The average Bonchev–Trinajstić information content (AvgIpc) is 2.83. The Morgan fingerprint density at radius 1 is 1.21 bits per heavy atom. The van der Waals surface area contributed by atoms with Crippen LogP contribution >= 0.6 is 11.8 Å². The van der Waals surface area contributed by atoms with E-state index in [2.05, 4.69) is 0 Å². The predicted molar refractivity (Wildman–Crippen MR) is 90.7 cm³/mol. The number of amides is 2. The van der Waals surface area contributed by atoms with E-state index in [4.69, 9.17) is 5.26 Å². The third-order valence-corrected chi connectivity index (χ3v) is 5.53. The molecule has 0 N–H and O–H groups in total. The molecule has 0 saturated carbocycles. The maximum absolute atomic E-state index is 13.1. The van der Waals surface area contributed by atoms with Gasteiger partial charge in [0.25, 0.3) is 5.91 Å². The Labute approximate surface area is 143 Å². The number of hydrogen-bond donors (Lipinski definition) is 0. The lowest BCUT2D eigenvalue weighted by Gasteiger charge is -2.29. The Kier molecular flexibility index (Phi) is 4.24. The Bertz CT molecular complexity index is 819. The van der Waals surface area contributed by atoms with Gasteiger partial charge in [0.1, 0.15) is 10.00 Å². The van der Waals surface area contributed by atoms with E-state index < -0.39 is 15.9 Å². The molecule has 2 amide bonds. The van der Waals surface area contributed by atoms with E-state index in [1.54, 1.807) is 48.6 Å². The summed E-state index contributed by atoms with van der Waals surface area (Å²) in [7, 11) is 0. The molecule has 3 atom stereocenters. The minimum Gasteiger partial charge on any atom is -0.273 e. The van der Waals surface area contributed by atoms with Crippen LogP contribution in [0, 0.1) is 28.6 Å². The summed E-state index contributed by atoms with van der Waals surface area (Å²) in [5.41, 5.74) is 0.512. The highest BCUT2D eigenvalue weighted by Gasteiger charge is 2.59. The summed E-state index contributed by atoms with van der Waals surface area (Å²) in [5.74, 6) is -1.35. The van der Waals surface area contributed by atoms with E-state index in [1.165, 1.54) is 4.90 Å². The Morgan fingerprint density at radius 2 is 1.96 bits per heavy atom. The van der Waals surface area contributed by atoms with Gasteiger partial charge in [-0.2, -0.15) is 10.5 Å². The third kappa shape index (κ3) is 2.42. The van der Waals surface area contributed by atoms with Gasteiger partial charge in [0.2, 0.25) is 5.91 Å². The largest absolute Gasteiger partial charge is 0.273 e. The van der Waals surface area contributed by atoms with Gasteiger partial charge in [-0.25, -0.2) is 4.90 Å². The monoisotopic (exact) mass is 335 g/mol. The summed E-state index contributed by atoms with van der Waals surface area (Å²) in [6.45, 7) is 0. The van der Waals surface area contributed by atoms with E-state index in [0.717, 1.165) is 11.8 Å². The molecule has 0 spiro atoms. The maximum Gasteiger partial charge on any atom is 0.255 e. The van der Waals surface area contributed by atoms with Crippen LogP contribution in [0.2, 0.25) is 0 Å². The van der Waals surface area contributed by atoms with E-state index >= 15 is 0 Å². The highest BCUT2D eigenvalue weighted by molar-refractivity contribution is 8.02. The molecule has 0 aromatic heterocycles. The molecule has 1 heterocycles.